The lowest BCUT2D eigenvalue weighted by Crippen LogP contribution is -2.44. The van der Waals surface area contributed by atoms with Crippen molar-refractivity contribution in [2.75, 3.05) is 32.9 Å². The highest BCUT2D eigenvalue weighted by Crippen LogP contribution is 2.11. The molecule has 0 fully saturated rings. The van der Waals surface area contributed by atoms with Gasteiger partial charge in [0.2, 0.25) is 0 Å². The van der Waals surface area contributed by atoms with E-state index in [0.717, 1.165) is 0 Å². The highest BCUT2D eigenvalue weighted by molar-refractivity contribution is 4.69. The number of nitrogens with zero attached hydrogens (tertiary/aromatic N) is 1. The Balaban J connectivity index is 4.16. The van der Waals surface area contributed by atoms with Gasteiger partial charge in [-0.1, -0.05) is 6.92 Å². The van der Waals surface area contributed by atoms with Gasteiger partial charge >= 0.3 is 0 Å². The maximum Gasteiger partial charge on any atom is 0.112 e. The van der Waals surface area contributed by atoms with E-state index < -0.39 is 6.23 Å². The van der Waals surface area contributed by atoms with Crippen molar-refractivity contribution in [3.05, 3.63) is 0 Å². The molecule has 5 heteroatoms. The van der Waals surface area contributed by atoms with E-state index in [-0.39, 0.29) is 25.7 Å². The SMILES string of the molecule is CCC(CO)C(O)N(CCO)CCO. The van der Waals surface area contributed by atoms with Crippen LogP contribution in [0.5, 0.6) is 0 Å². The minimum Gasteiger partial charge on any atom is -0.396 e. The van der Waals surface area contributed by atoms with Crippen LogP contribution in [0.3, 0.4) is 0 Å². The topological polar surface area (TPSA) is 84.2 Å². The van der Waals surface area contributed by atoms with E-state index in [2.05, 4.69) is 0 Å². The number of aliphatic hydroxyl groups excluding tert-OH is 4. The smallest absolute Gasteiger partial charge is 0.112 e. The zero-order valence-corrected chi connectivity index (χ0v) is 8.63. The van der Waals surface area contributed by atoms with Gasteiger partial charge < -0.3 is 20.4 Å². The Bertz CT molecular complexity index is 124. The fraction of sp³-hybridized carbons (Fsp3) is 1.00. The van der Waals surface area contributed by atoms with Crippen molar-refractivity contribution in [2.45, 2.75) is 19.6 Å². The monoisotopic (exact) mass is 207 g/mol. The molecule has 0 rings (SSSR count). The Labute approximate surface area is 84.6 Å². The van der Waals surface area contributed by atoms with Gasteiger partial charge in [-0.25, -0.2) is 0 Å². The van der Waals surface area contributed by atoms with Gasteiger partial charge in [-0.15, -0.1) is 0 Å². The van der Waals surface area contributed by atoms with Crippen molar-refractivity contribution in [3.8, 4) is 0 Å². The molecule has 2 atom stereocenters. The molecule has 0 aliphatic heterocycles. The second-order valence-corrected chi connectivity index (χ2v) is 3.25. The van der Waals surface area contributed by atoms with Crippen molar-refractivity contribution < 1.29 is 20.4 Å². The summed E-state index contributed by atoms with van der Waals surface area (Å²) in [6.07, 6.45) is -0.144. The summed E-state index contributed by atoms with van der Waals surface area (Å²) in [7, 11) is 0. The normalized spacial score (nSPS) is 15.9. The standard InChI is InChI=1S/C9H21NO4/c1-2-8(7-13)9(14)10(3-5-11)4-6-12/h8-9,11-14H,2-7H2,1H3. The van der Waals surface area contributed by atoms with Crippen LogP contribution in [0.1, 0.15) is 13.3 Å². The maximum atomic E-state index is 9.77. The number of hydrogen-bond donors (Lipinski definition) is 4. The highest BCUT2D eigenvalue weighted by atomic mass is 16.3. The molecule has 0 saturated carbocycles. The summed E-state index contributed by atoms with van der Waals surface area (Å²) in [6, 6.07) is 0. The molecule has 4 N–H and O–H groups in total. The van der Waals surface area contributed by atoms with E-state index in [1.165, 1.54) is 0 Å². The molecule has 0 spiro atoms. The van der Waals surface area contributed by atoms with Crippen molar-refractivity contribution in [1.29, 1.82) is 0 Å². The molecule has 0 heterocycles. The molecule has 5 nitrogen and oxygen atoms in total. The van der Waals surface area contributed by atoms with Gasteiger partial charge in [-0.3, -0.25) is 4.90 Å². The van der Waals surface area contributed by atoms with Crippen molar-refractivity contribution in [3.63, 3.8) is 0 Å². The summed E-state index contributed by atoms with van der Waals surface area (Å²) in [5.74, 6) is -0.229. The van der Waals surface area contributed by atoms with Gasteiger partial charge in [0.15, 0.2) is 0 Å². The summed E-state index contributed by atoms with van der Waals surface area (Å²) in [5.41, 5.74) is 0. The predicted molar refractivity (Wildman–Crippen MR) is 52.6 cm³/mol. The molecule has 0 amide bonds. The van der Waals surface area contributed by atoms with Crippen LogP contribution >= 0.6 is 0 Å². The van der Waals surface area contributed by atoms with Crippen molar-refractivity contribution in [1.82, 2.24) is 4.90 Å². The summed E-state index contributed by atoms with van der Waals surface area (Å²) in [5, 5.41) is 36.2. The Morgan fingerprint density at radius 3 is 1.86 bits per heavy atom. The van der Waals surface area contributed by atoms with Crippen LogP contribution < -0.4 is 0 Å². The Hall–Kier alpha value is -0.200. The molecule has 0 saturated heterocycles. The van der Waals surface area contributed by atoms with Gasteiger partial charge in [0, 0.05) is 25.6 Å². The average Bonchev–Trinajstić information content (AvgIpc) is 2.19. The van der Waals surface area contributed by atoms with Gasteiger partial charge in [0.05, 0.1) is 13.2 Å². The molecular weight excluding hydrogens is 186 g/mol. The quantitative estimate of drug-likeness (QED) is 0.368. The van der Waals surface area contributed by atoms with E-state index in [1.807, 2.05) is 6.92 Å². The minimum absolute atomic E-state index is 0.0705. The number of rotatable bonds is 8. The molecule has 2 unspecified atom stereocenters. The lowest BCUT2D eigenvalue weighted by molar-refractivity contribution is -0.0667. The molecular formula is C9H21NO4. The number of aliphatic hydroxyl groups is 4. The molecule has 14 heavy (non-hydrogen) atoms. The van der Waals surface area contributed by atoms with Crippen molar-refractivity contribution in [2.24, 2.45) is 5.92 Å². The van der Waals surface area contributed by atoms with E-state index in [4.69, 9.17) is 15.3 Å². The second kappa shape index (κ2) is 8.14. The summed E-state index contributed by atoms with van der Waals surface area (Å²) >= 11 is 0. The molecule has 0 aliphatic carbocycles. The first kappa shape index (κ1) is 13.8. The second-order valence-electron chi connectivity index (χ2n) is 3.25. The highest BCUT2D eigenvalue weighted by Gasteiger charge is 2.22. The summed E-state index contributed by atoms with van der Waals surface area (Å²) in [4.78, 5) is 1.56. The zero-order valence-electron chi connectivity index (χ0n) is 8.63. The molecule has 0 aromatic heterocycles. The van der Waals surface area contributed by atoms with Crippen LogP contribution in [0.2, 0.25) is 0 Å². The van der Waals surface area contributed by atoms with E-state index >= 15 is 0 Å². The zero-order chi connectivity index (χ0) is 11.0. The van der Waals surface area contributed by atoms with Gasteiger partial charge in [0.25, 0.3) is 0 Å². The molecule has 86 valence electrons. The van der Waals surface area contributed by atoms with Crippen LogP contribution in [0.4, 0.5) is 0 Å². The van der Waals surface area contributed by atoms with E-state index in [9.17, 15) is 5.11 Å². The fourth-order valence-corrected chi connectivity index (χ4v) is 1.37. The molecule has 0 radical (unpaired) electrons. The van der Waals surface area contributed by atoms with Crippen LogP contribution in [0, 0.1) is 5.92 Å². The largest absolute Gasteiger partial charge is 0.396 e. The lowest BCUT2D eigenvalue weighted by atomic mass is 10.1. The van der Waals surface area contributed by atoms with Crippen LogP contribution in [0.15, 0.2) is 0 Å². The van der Waals surface area contributed by atoms with Gasteiger partial charge in [-0.05, 0) is 6.42 Å². The van der Waals surface area contributed by atoms with E-state index in [1.54, 1.807) is 4.90 Å². The van der Waals surface area contributed by atoms with Crippen LogP contribution in [-0.2, 0) is 0 Å². The van der Waals surface area contributed by atoms with Crippen LogP contribution in [0.25, 0.3) is 0 Å². The first-order chi connectivity index (χ1) is 6.71. The van der Waals surface area contributed by atoms with Crippen molar-refractivity contribution >= 4 is 0 Å². The lowest BCUT2D eigenvalue weighted by Gasteiger charge is -2.31. The predicted octanol–water partition coefficient (Wildman–Crippen LogP) is -1.39. The molecule has 0 aliphatic rings. The van der Waals surface area contributed by atoms with Gasteiger partial charge in [-0.2, -0.15) is 0 Å². The third-order valence-electron chi connectivity index (χ3n) is 2.33. The third-order valence-corrected chi connectivity index (χ3v) is 2.33. The number of hydrogen-bond acceptors (Lipinski definition) is 5. The fourth-order valence-electron chi connectivity index (χ4n) is 1.37. The maximum absolute atomic E-state index is 9.77. The third kappa shape index (κ3) is 4.34. The Kier molecular flexibility index (Phi) is 8.02. The molecule has 0 bridgehead atoms. The first-order valence-corrected chi connectivity index (χ1v) is 4.95. The van der Waals surface area contributed by atoms with Gasteiger partial charge in [0.1, 0.15) is 6.23 Å². The summed E-state index contributed by atoms with van der Waals surface area (Å²) < 4.78 is 0. The Morgan fingerprint density at radius 2 is 1.57 bits per heavy atom. The first-order valence-electron chi connectivity index (χ1n) is 4.95. The minimum atomic E-state index is -0.802. The average molecular weight is 207 g/mol. The Morgan fingerprint density at radius 1 is 1.07 bits per heavy atom. The van der Waals surface area contributed by atoms with Crippen LogP contribution in [-0.4, -0.2) is 64.5 Å². The summed E-state index contributed by atoms with van der Waals surface area (Å²) in [6.45, 7) is 2.25. The molecule has 0 aromatic carbocycles. The van der Waals surface area contributed by atoms with E-state index in [0.29, 0.717) is 19.5 Å². The molecule has 0 aromatic rings.